The fraction of sp³-hybridized carbons (Fsp3) is 0.545. The molecule has 3 nitrogen and oxygen atoms in total. The van der Waals surface area contributed by atoms with E-state index in [0.29, 0.717) is 0 Å². The van der Waals surface area contributed by atoms with E-state index in [1.807, 2.05) is 17.9 Å². The number of aromatic nitrogens is 2. The molecule has 0 amide bonds. The van der Waals surface area contributed by atoms with E-state index in [4.69, 9.17) is 0 Å². The first kappa shape index (κ1) is 10.8. The fourth-order valence-electron chi connectivity index (χ4n) is 1.29. The minimum atomic E-state index is 0.842. The van der Waals surface area contributed by atoms with Crippen molar-refractivity contribution in [2.75, 3.05) is 11.9 Å². The van der Waals surface area contributed by atoms with Gasteiger partial charge in [-0.3, -0.25) is 4.68 Å². The minimum absolute atomic E-state index is 0.842. The van der Waals surface area contributed by atoms with Crippen LogP contribution in [-0.4, -0.2) is 16.3 Å². The first-order valence-electron chi connectivity index (χ1n) is 5.10. The van der Waals surface area contributed by atoms with E-state index in [0.717, 1.165) is 30.8 Å². The molecule has 0 unspecified atom stereocenters. The van der Waals surface area contributed by atoms with Gasteiger partial charge in [0.1, 0.15) is 0 Å². The van der Waals surface area contributed by atoms with Crippen LogP contribution < -0.4 is 5.32 Å². The maximum atomic E-state index is 4.36. The highest BCUT2D eigenvalue weighted by atomic mass is 15.3. The quantitative estimate of drug-likeness (QED) is 0.727. The predicted octanol–water partition coefficient (Wildman–Crippen LogP) is 2.36. The summed E-state index contributed by atoms with van der Waals surface area (Å²) < 4.78 is 1.84. The zero-order valence-electron chi connectivity index (χ0n) is 9.30. The minimum Gasteiger partial charge on any atom is -0.379 e. The first-order valence-corrected chi connectivity index (χ1v) is 5.10. The zero-order chi connectivity index (χ0) is 10.6. The van der Waals surface area contributed by atoms with E-state index in [1.165, 1.54) is 5.57 Å². The lowest BCUT2D eigenvalue weighted by molar-refractivity contribution is 0.746. The lowest BCUT2D eigenvalue weighted by atomic mass is 10.2. The standard InChI is InChI=1S/C11H19N3/c1-5-9(3)7-12-11-8-14(4)13-10(11)6-2/h8,12H,3,5-7H2,1-2,4H3. The highest BCUT2D eigenvalue weighted by molar-refractivity contribution is 5.47. The molecule has 1 aromatic rings. The zero-order valence-corrected chi connectivity index (χ0v) is 9.30. The molecule has 1 rings (SSSR count). The van der Waals surface area contributed by atoms with Crippen LogP contribution in [-0.2, 0) is 13.5 Å². The van der Waals surface area contributed by atoms with Crippen molar-refractivity contribution in [2.45, 2.75) is 26.7 Å². The average Bonchev–Trinajstić information content (AvgIpc) is 2.55. The molecule has 1 N–H and O–H groups in total. The first-order chi connectivity index (χ1) is 6.67. The number of nitrogens with zero attached hydrogens (tertiary/aromatic N) is 2. The van der Waals surface area contributed by atoms with E-state index in [1.54, 1.807) is 0 Å². The molecule has 3 heteroatoms. The van der Waals surface area contributed by atoms with Gasteiger partial charge in [-0.1, -0.05) is 26.0 Å². The summed E-state index contributed by atoms with van der Waals surface area (Å²) in [7, 11) is 1.94. The Hall–Kier alpha value is -1.25. The van der Waals surface area contributed by atoms with Gasteiger partial charge in [-0.2, -0.15) is 5.10 Å². The summed E-state index contributed by atoms with van der Waals surface area (Å²) in [5.74, 6) is 0. The molecule has 0 fully saturated rings. The monoisotopic (exact) mass is 193 g/mol. The molecule has 0 aromatic carbocycles. The highest BCUT2D eigenvalue weighted by Crippen LogP contribution is 2.14. The molecule has 78 valence electrons. The third-order valence-corrected chi connectivity index (χ3v) is 2.27. The molecule has 0 radical (unpaired) electrons. The molecule has 0 saturated heterocycles. The normalized spacial score (nSPS) is 10.2. The maximum absolute atomic E-state index is 4.36. The summed E-state index contributed by atoms with van der Waals surface area (Å²) in [5.41, 5.74) is 3.47. The topological polar surface area (TPSA) is 29.9 Å². The third kappa shape index (κ3) is 2.62. The lowest BCUT2D eigenvalue weighted by Gasteiger charge is -2.05. The SMILES string of the molecule is C=C(CC)CNc1cn(C)nc1CC. The Morgan fingerprint density at radius 3 is 2.86 bits per heavy atom. The summed E-state index contributed by atoms with van der Waals surface area (Å²) in [6, 6.07) is 0. The van der Waals surface area contributed by atoms with Crippen molar-refractivity contribution in [1.29, 1.82) is 0 Å². The van der Waals surface area contributed by atoms with E-state index < -0.39 is 0 Å². The van der Waals surface area contributed by atoms with Crippen LogP contribution in [0.1, 0.15) is 26.0 Å². The van der Waals surface area contributed by atoms with Gasteiger partial charge in [0.15, 0.2) is 0 Å². The molecule has 0 bridgehead atoms. The fourth-order valence-corrected chi connectivity index (χ4v) is 1.29. The summed E-state index contributed by atoms with van der Waals surface area (Å²) in [4.78, 5) is 0. The second-order valence-electron chi connectivity index (χ2n) is 3.47. The van der Waals surface area contributed by atoms with Gasteiger partial charge in [-0.25, -0.2) is 0 Å². The molecule has 0 aliphatic carbocycles. The van der Waals surface area contributed by atoms with Gasteiger partial charge in [0.25, 0.3) is 0 Å². The number of anilines is 1. The predicted molar refractivity (Wildman–Crippen MR) is 60.5 cm³/mol. The molecular formula is C11H19N3. The van der Waals surface area contributed by atoms with Gasteiger partial charge in [0, 0.05) is 19.8 Å². The van der Waals surface area contributed by atoms with E-state index in [2.05, 4.69) is 30.8 Å². The number of rotatable bonds is 5. The molecule has 0 aliphatic rings. The molecule has 0 atom stereocenters. The summed E-state index contributed by atoms with van der Waals surface area (Å²) >= 11 is 0. The second-order valence-corrected chi connectivity index (χ2v) is 3.47. The van der Waals surface area contributed by atoms with Crippen molar-refractivity contribution in [1.82, 2.24) is 9.78 Å². The van der Waals surface area contributed by atoms with Crippen LogP contribution in [0.25, 0.3) is 0 Å². The van der Waals surface area contributed by atoms with Crippen molar-refractivity contribution < 1.29 is 0 Å². The number of hydrogen-bond acceptors (Lipinski definition) is 2. The molecule has 1 heterocycles. The van der Waals surface area contributed by atoms with Gasteiger partial charge in [0.05, 0.1) is 11.4 Å². The molecule has 0 saturated carbocycles. The Morgan fingerprint density at radius 2 is 2.29 bits per heavy atom. The summed E-state index contributed by atoms with van der Waals surface area (Å²) in [6.07, 6.45) is 4.00. The van der Waals surface area contributed by atoms with Crippen LogP contribution in [0.3, 0.4) is 0 Å². The highest BCUT2D eigenvalue weighted by Gasteiger charge is 2.04. The van der Waals surface area contributed by atoms with E-state index in [-0.39, 0.29) is 0 Å². The molecule has 1 aromatic heterocycles. The largest absolute Gasteiger partial charge is 0.379 e. The van der Waals surface area contributed by atoms with Crippen LogP contribution in [0.4, 0.5) is 5.69 Å². The van der Waals surface area contributed by atoms with E-state index >= 15 is 0 Å². The summed E-state index contributed by atoms with van der Waals surface area (Å²) in [6.45, 7) is 9.04. The Balaban J connectivity index is 2.61. The Morgan fingerprint density at radius 1 is 1.57 bits per heavy atom. The second kappa shape index (κ2) is 4.84. The summed E-state index contributed by atoms with van der Waals surface area (Å²) in [5, 5.41) is 7.71. The molecule has 14 heavy (non-hydrogen) atoms. The van der Waals surface area contributed by atoms with Crippen LogP contribution in [0.5, 0.6) is 0 Å². The number of hydrogen-bond donors (Lipinski definition) is 1. The molecular weight excluding hydrogens is 174 g/mol. The Bertz CT molecular complexity index is 312. The van der Waals surface area contributed by atoms with Crippen molar-refractivity contribution in [3.63, 3.8) is 0 Å². The van der Waals surface area contributed by atoms with Crippen LogP contribution in [0.2, 0.25) is 0 Å². The molecule has 0 aliphatic heterocycles. The van der Waals surface area contributed by atoms with Crippen LogP contribution >= 0.6 is 0 Å². The molecule has 0 spiro atoms. The van der Waals surface area contributed by atoms with Crippen molar-refractivity contribution in [2.24, 2.45) is 7.05 Å². The number of nitrogens with one attached hydrogen (secondary N) is 1. The van der Waals surface area contributed by atoms with Gasteiger partial charge in [-0.05, 0) is 12.8 Å². The Kier molecular flexibility index (Phi) is 3.74. The van der Waals surface area contributed by atoms with Gasteiger partial charge >= 0.3 is 0 Å². The number of aryl methyl sites for hydroxylation is 2. The third-order valence-electron chi connectivity index (χ3n) is 2.27. The van der Waals surface area contributed by atoms with Crippen molar-refractivity contribution >= 4 is 5.69 Å². The van der Waals surface area contributed by atoms with Crippen LogP contribution in [0, 0.1) is 0 Å². The van der Waals surface area contributed by atoms with Crippen molar-refractivity contribution in [3.05, 3.63) is 24.0 Å². The lowest BCUT2D eigenvalue weighted by Crippen LogP contribution is -2.04. The van der Waals surface area contributed by atoms with Gasteiger partial charge in [0.2, 0.25) is 0 Å². The van der Waals surface area contributed by atoms with Gasteiger partial charge < -0.3 is 5.32 Å². The van der Waals surface area contributed by atoms with Crippen molar-refractivity contribution in [3.8, 4) is 0 Å². The van der Waals surface area contributed by atoms with Crippen LogP contribution in [0.15, 0.2) is 18.3 Å². The maximum Gasteiger partial charge on any atom is 0.0853 e. The average molecular weight is 193 g/mol. The smallest absolute Gasteiger partial charge is 0.0853 e. The Labute approximate surface area is 85.8 Å². The van der Waals surface area contributed by atoms with E-state index in [9.17, 15) is 0 Å². The van der Waals surface area contributed by atoms with Gasteiger partial charge in [-0.15, -0.1) is 0 Å².